The van der Waals surface area contributed by atoms with Gasteiger partial charge < -0.3 is 5.10 Å². The van der Waals surface area contributed by atoms with Crippen LogP contribution in [0.2, 0.25) is 0 Å². The number of aromatic amines is 1. The van der Waals surface area contributed by atoms with Crippen LogP contribution in [0.1, 0.15) is 58.8 Å². The Hall–Kier alpha value is -2.15. The summed E-state index contributed by atoms with van der Waals surface area (Å²) < 4.78 is 1.45. The number of H-pyrrole nitrogens is 1. The standard InChI is InChI=1S/C18H22N2O2S.O2/c1-5-20-18(22)14(9-19-20)16(21)13-8-11(3)17-15(12(13)4)10(2)6-7-23-17;1-2/h8-10,19H,5-7H2,1-4H3;. The Kier molecular flexibility index (Phi) is 6.00. The largest absolute Gasteiger partial charge is 0.302 e. The van der Waals surface area contributed by atoms with Gasteiger partial charge in [0.15, 0.2) is 5.78 Å². The fourth-order valence-electron chi connectivity index (χ4n) is 3.37. The molecule has 25 heavy (non-hydrogen) atoms. The molecule has 134 valence electrons. The SMILES string of the molecule is CCn1[nH]cc(C(=O)c2cc(C)c3c(c2C)C(C)CCS3)c1=O.O=O. The first-order valence-corrected chi connectivity index (χ1v) is 9.20. The molecule has 2 heterocycles. The molecule has 0 saturated heterocycles. The van der Waals surface area contributed by atoms with E-state index in [1.165, 1.54) is 21.3 Å². The highest BCUT2D eigenvalue weighted by atomic mass is 32.2. The molecule has 3 rings (SSSR count). The second-order valence-corrected chi connectivity index (χ2v) is 7.32. The highest BCUT2D eigenvalue weighted by molar-refractivity contribution is 7.99. The van der Waals surface area contributed by atoms with Crippen molar-refractivity contribution in [2.45, 2.75) is 51.5 Å². The number of aryl methyl sites for hydroxylation is 2. The van der Waals surface area contributed by atoms with Gasteiger partial charge in [-0.25, -0.2) is 0 Å². The fraction of sp³-hybridized carbons (Fsp3) is 0.444. The summed E-state index contributed by atoms with van der Waals surface area (Å²) in [6.45, 7) is 8.70. The molecule has 6 nitrogen and oxygen atoms in total. The molecule has 0 fully saturated rings. The molecule has 0 spiro atoms. The van der Waals surface area contributed by atoms with Gasteiger partial charge in [-0.15, -0.1) is 11.8 Å². The summed E-state index contributed by atoms with van der Waals surface area (Å²) in [5.41, 5.74) is 4.10. The summed E-state index contributed by atoms with van der Waals surface area (Å²) in [5.74, 6) is 1.40. The molecule has 0 saturated carbocycles. The number of hydrogen-bond donors (Lipinski definition) is 1. The van der Waals surface area contributed by atoms with Crippen molar-refractivity contribution in [3.05, 3.63) is 60.4 Å². The van der Waals surface area contributed by atoms with Gasteiger partial charge in [0.1, 0.15) is 5.56 Å². The maximum atomic E-state index is 12.9. The normalized spacial score (nSPS) is 15.9. The number of thioether (sulfide) groups is 1. The molecule has 0 bridgehead atoms. The van der Waals surface area contributed by atoms with Crippen LogP contribution in [-0.4, -0.2) is 21.3 Å². The second-order valence-electron chi connectivity index (χ2n) is 6.21. The van der Waals surface area contributed by atoms with E-state index in [0.717, 1.165) is 23.3 Å². The minimum atomic E-state index is -0.241. The Morgan fingerprint density at radius 3 is 2.60 bits per heavy atom. The Bertz CT molecular complexity index is 853. The van der Waals surface area contributed by atoms with Gasteiger partial charge in [0.05, 0.1) is 0 Å². The highest BCUT2D eigenvalue weighted by Gasteiger charge is 2.26. The Labute approximate surface area is 150 Å². The summed E-state index contributed by atoms with van der Waals surface area (Å²) in [7, 11) is 0. The van der Waals surface area contributed by atoms with Gasteiger partial charge in [0.2, 0.25) is 0 Å². The van der Waals surface area contributed by atoms with Crippen molar-refractivity contribution < 1.29 is 4.79 Å². The van der Waals surface area contributed by atoms with Gasteiger partial charge in [-0.3, -0.25) is 14.3 Å². The highest BCUT2D eigenvalue weighted by Crippen LogP contribution is 2.42. The number of rotatable bonds is 3. The van der Waals surface area contributed by atoms with Crippen molar-refractivity contribution in [1.82, 2.24) is 9.78 Å². The number of nitrogens with zero attached hydrogens (tertiary/aromatic N) is 1. The van der Waals surface area contributed by atoms with Crippen molar-refractivity contribution in [2.24, 2.45) is 0 Å². The van der Waals surface area contributed by atoms with Crippen LogP contribution in [0.25, 0.3) is 0 Å². The number of hydrogen-bond acceptors (Lipinski definition) is 5. The van der Waals surface area contributed by atoms with Crippen molar-refractivity contribution in [2.75, 3.05) is 5.75 Å². The predicted molar refractivity (Wildman–Crippen MR) is 101 cm³/mol. The van der Waals surface area contributed by atoms with Gasteiger partial charge >= 0.3 is 0 Å². The number of carbonyl (C=O) groups is 1. The smallest absolute Gasteiger partial charge is 0.277 e. The van der Waals surface area contributed by atoms with E-state index in [2.05, 4.69) is 18.9 Å². The topological polar surface area (TPSA) is 89.0 Å². The number of aromatic nitrogens is 2. The van der Waals surface area contributed by atoms with Crippen LogP contribution in [0.15, 0.2) is 22.0 Å². The van der Waals surface area contributed by atoms with Crippen molar-refractivity contribution in [1.29, 1.82) is 0 Å². The Balaban J connectivity index is 0.00000109. The maximum absolute atomic E-state index is 12.9. The first kappa shape index (κ1) is 19.2. The molecule has 0 aliphatic carbocycles. The van der Waals surface area contributed by atoms with Gasteiger partial charge in [0, 0.05) is 33.1 Å². The summed E-state index contributed by atoms with van der Waals surface area (Å²) in [6, 6.07) is 1.95. The third-order valence-electron chi connectivity index (χ3n) is 4.71. The average molecular weight is 362 g/mol. The number of carbonyl (C=O) groups excluding carboxylic acids is 1. The van der Waals surface area contributed by atoms with Crippen LogP contribution in [0.4, 0.5) is 0 Å². The molecule has 0 radical (unpaired) electrons. The monoisotopic (exact) mass is 362 g/mol. The zero-order valence-corrected chi connectivity index (χ0v) is 15.7. The zero-order chi connectivity index (χ0) is 18.7. The molecular weight excluding hydrogens is 340 g/mol. The van der Waals surface area contributed by atoms with E-state index in [9.17, 15) is 9.59 Å². The van der Waals surface area contributed by atoms with E-state index in [1.54, 1.807) is 0 Å². The average Bonchev–Trinajstić information content (AvgIpc) is 2.99. The van der Waals surface area contributed by atoms with E-state index in [4.69, 9.17) is 9.93 Å². The minimum absolute atomic E-state index is 0.176. The lowest BCUT2D eigenvalue weighted by molar-refractivity contribution is 0.103. The van der Waals surface area contributed by atoms with E-state index >= 15 is 0 Å². The van der Waals surface area contributed by atoms with E-state index in [-0.39, 0.29) is 16.9 Å². The van der Waals surface area contributed by atoms with Crippen LogP contribution >= 0.6 is 11.8 Å². The lowest BCUT2D eigenvalue weighted by Crippen LogP contribution is -2.22. The number of nitrogens with one attached hydrogen (secondary N) is 1. The molecule has 1 atom stereocenters. The Morgan fingerprint density at radius 1 is 1.32 bits per heavy atom. The van der Waals surface area contributed by atoms with Gasteiger partial charge in [-0.2, -0.15) is 0 Å². The van der Waals surface area contributed by atoms with E-state index < -0.39 is 0 Å². The van der Waals surface area contributed by atoms with Crippen LogP contribution in [-0.2, 0) is 6.54 Å². The maximum Gasteiger partial charge on any atom is 0.277 e. The molecule has 1 aromatic carbocycles. The quantitative estimate of drug-likeness (QED) is 0.841. The molecule has 7 heteroatoms. The van der Waals surface area contributed by atoms with Crippen molar-refractivity contribution in [3.8, 4) is 0 Å². The van der Waals surface area contributed by atoms with Crippen LogP contribution in [0, 0.1) is 23.8 Å². The summed E-state index contributed by atoms with van der Waals surface area (Å²) in [6.07, 6.45) is 2.66. The molecule has 1 N–H and O–H groups in total. The van der Waals surface area contributed by atoms with Crippen molar-refractivity contribution >= 4 is 17.5 Å². The fourth-order valence-corrected chi connectivity index (χ4v) is 4.84. The molecule has 1 aliphatic heterocycles. The van der Waals surface area contributed by atoms with Crippen LogP contribution in [0.3, 0.4) is 0 Å². The lowest BCUT2D eigenvalue weighted by atomic mass is 9.87. The number of ketones is 1. The Morgan fingerprint density at radius 2 is 2.00 bits per heavy atom. The molecule has 2 aromatic rings. The first-order chi connectivity index (χ1) is 12.0. The molecule has 1 aliphatic rings. The van der Waals surface area contributed by atoms with E-state index in [0.29, 0.717) is 18.0 Å². The summed E-state index contributed by atoms with van der Waals surface area (Å²) in [4.78, 5) is 40.5. The first-order valence-electron chi connectivity index (χ1n) is 8.22. The number of benzene rings is 1. The third-order valence-corrected chi connectivity index (χ3v) is 5.98. The minimum Gasteiger partial charge on any atom is -0.302 e. The summed E-state index contributed by atoms with van der Waals surface area (Å²) >= 11 is 1.88. The third kappa shape index (κ3) is 3.33. The lowest BCUT2D eigenvalue weighted by Gasteiger charge is -2.27. The van der Waals surface area contributed by atoms with Gasteiger partial charge in [-0.05, 0) is 61.6 Å². The molecule has 0 amide bonds. The molecule has 1 unspecified atom stereocenters. The van der Waals surface area contributed by atoms with Crippen LogP contribution < -0.4 is 5.56 Å². The summed E-state index contributed by atoms with van der Waals surface area (Å²) in [5, 5.41) is 2.86. The van der Waals surface area contributed by atoms with Crippen molar-refractivity contribution in [3.63, 3.8) is 0 Å². The predicted octanol–water partition coefficient (Wildman–Crippen LogP) is 3.71. The second kappa shape index (κ2) is 7.82. The molecular formula is C18H22N2O4S. The van der Waals surface area contributed by atoms with E-state index in [1.807, 2.05) is 31.7 Å². The van der Waals surface area contributed by atoms with Gasteiger partial charge in [0.25, 0.3) is 5.56 Å². The molecule has 1 aromatic heterocycles. The zero-order valence-electron chi connectivity index (χ0n) is 14.8. The number of fused-ring (bicyclic) bond motifs is 1. The van der Waals surface area contributed by atoms with Gasteiger partial charge in [-0.1, -0.05) is 6.92 Å². The van der Waals surface area contributed by atoms with Crippen LogP contribution in [0.5, 0.6) is 0 Å².